The van der Waals surface area contributed by atoms with Crippen LogP contribution < -0.4 is 4.90 Å². The molecule has 0 N–H and O–H groups in total. The zero-order valence-electron chi connectivity index (χ0n) is 16.5. The van der Waals surface area contributed by atoms with Gasteiger partial charge >= 0.3 is 0 Å². The molecule has 0 saturated carbocycles. The van der Waals surface area contributed by atoms with Crippen molar-refractivity contribution in [3.8, 4) is 0 Å². The number of benzene rings is 1. The summed E-state index contributed by atoms with van der Waals surface area (Å²) in [6.07, 6.45) is 8.85. The second kappa shape index (κ2) is 8.19. The van der Waals surface area contributed by atoms with Gasteiger partial charge in [-0.05, 0) is 46.1 Å². The Bertz CT molecular complexity index is 1370. The summed E-state index contributed by atoms with van der Waals surface area (Å²) in [6, 6.07) is 4.81. The summed E-state index contributed by atoms with van der Waals surface area (Å²) in [4.78, 5) is 27.7. The topological polar surface area (TPSA) is 76.3 Å². The highest BCUT2D eigenvalue weighted by Crippen LogP contribution is 2.27. The number of rotatable bonds is 4. The summed E-state index contributed by atoms with van der Waals surface area (Å²) in [5.41, 5.74) is 1.78. The number of ketones is 1. The van der Waals surface area contributed by atoms with Crippen molar-refractivity contribution in [1.29, 1.82) is 0 Å². The van der Waals surface area contributed by atoms with Crippen molar-refractivity contribution in [3.63, 3.8) is 0 Å². The molecule has 1 aliphatic rings. The summed E-state index contributed by atoms with van der Waals surface area (Å²) in [7, 11) is 0. The van der Waals surface area contributed by atoms with Crippen molar-refractivity contribution in [3.05, 3.63) is 88.3 Å². The predicted molar refractivity (Wildman–Crippen MR) is 117 cm³/mol. The van der Waals surface area contributed by atoms with E-state index in [0.29, 0.717) is 31.4 Å². The maximum absolute atomic E-state index is 13.9. The van der Waals surface area contributed by atoms with E-state index in [9.17, 15) is 13.6 Å². The average Bonchev–Trinajstić information content (AvgIpc) is 3.19. The maximum atomic E-state index is 13.9. The Labute approximate surface area is 189 Å². The molecule has 3 aromatic heterocycles. The smallest absolute Gasteiger partial charge is 0.199 e. The standard InChI is InChI=1S/C22H15BrF2N6O/c23-15-7-19-22(28-12-29-31(19)11-15)30-5-3-13(4-6-30)21-26-9-14(10-27-21)20(32)17-2-1-16(24)8-18(17)25/h1-3,7-12H,4-6H2. The summed E-state index contributed by atoms with van der Waals surface area (Å²) in [5, 5.41) is 4.22. The molecule has 0 fully saturated rings. The minimum Gasteiger partial charge on any atom is -0.351 e. The van der Waals surface area contributed by atoms with Crippen molar-refractivity contribution in [2.45, 2.75) is 6.42 Å². The summed E-state index contributed by atoms with van der Waals surface area (Å²) >= 11 is 3.46. The highest BCUT2D eigenvalue weighted by molar-refractivity contribution is 9.10. The summed E-state index contributed by atoms with van der Waals surface area (Å²) < 4.78 is 29.7. The van der Waals surface area contributed by atoms with E-state index >= 15 is 0 Å². The Morgan fingerprint density at radius 2 is 1.91 bits per heavy atom. The van der Waals surface area contributed by atoms with Crippen LogP contribution in [0, 0.1) is 11.6 Å². The van der Waals surface area contributed by atoms with E-state index in [1.807, 2.05) is 18.3 Å². The van der Waals surface area contributed by atoms with Gasteiger partial charge in [0.1, 0.15) is 23.5 Å². The number of anilines is 1. The van der Waals surface area contributed by atoms with Gasteiger partial charge in [0.15, 0.2) is 17.4 Å². The van der Waals surface area contributed by atoms with Crippen molar-refractivity contribution >= 4 is 38.6 Å². The van der Waals surface area contributed by atoms with Gasteiger partial charge in [-0.15, -0.1) is 0 Å². The summed E-state index contributed by atoms with van der Waals surface area (Å²) in [6.45, 7) is 1.34. The highest BCUT2D eigenvalue weighted by atomic mass is 79.9. The molecule has 0 atom stereocenters. The third-order valence-corrected chi connectivity index (χ3v) is 5.67. The van der Waals surface area contributed by atoms with Gasteiger partial charge in [-0.2, -0.15) is 5.10 Å². The van der Waals surface area contributed by atoms with Gasteiger partial charge < -0.3 is 4.90 Å². The number of carbonyl (C=O) groups is 1. The first-order valence-corrected chi connectivity index (χ1v) is 10.5. The molecule has 0 unspecified atom stereocenters. The molecule has 0 radical (unpaired) electrons. The first-order chi connectivity index (χ1) is 15.5. The number of hydrogen-bond acceptors (Lipinski definition) is 6. The first kappa shape index (κ1) is 20.4. The largest absolute Gasteiger partial charge is 0.351 e. The number of fused-ring (bicyclic) bond motifs is 1. The first-order valence-electron chi connectivity index (χ1n) is 9.74. The van der Waals surface area contributed by atoms with Crippen LogP contribution in [0.25, 0.3) is 11.1 Å². The zero-order chi connectivity index (χ0) is 22.2. The molecule has 7 nitrogen and oxygen atoms in total. The lowest BCUT2D eigenvalue weighted by atomic mass is 10.0. The van der Waals surface area contributed by atoms with E-state index in [-0.39, 0.29) is 11.1 Å². The molecular weight excluding hydrogens is 482 g/mol. The Morgan fingerprint density at radius 3 is 2.62 bits per heavy atom. The van der Waals surface area contributed by atoms with E-state index in [4.69, 9.17) is 0 Å². The molecule has 1 aliphatic heterocycles. The minimum atomic E-state index is -0.914. The minimum absolute atomic E-state index is 0.138. The van der Waals surface area contributed by atoms with Gasteiger partial charge in [-0.3, -0.25) is 4.79 Å². The van der Waals surface area contributed by atoms with Crippen LogP contribution in [0.5, 0.6) is 0 Å². The fourth-order valence-corrected chi connectivity index (χ4v) is 4.04. The molecule has 4 heterocycles. The molecule has 0 bridgehead atoms. The SMILES string of the molecule is O=C(c1cnc(C2=CCN(c3ncnn4cc(Br)cc34)CC2)nc1)c1ccc(F)cc1F. The van der Waals surface area contributed by atoms with E-state index in [0.717, 1.165) is 33.5 Å². The molecule has 5 rings (SSSR count). The molecule has 4 aromatic rings. The van der Waals surface area contributed by atoms with Crippen LogP contribution >= 0.6 is 15.9 Å². The molecule has 160 valence electrons. The Kier molecular flexibility index (Phi) is 5.22. The summed E-state index contributed by atoms with van der Waals surface area (Å²) in [5.74, 6) is -0.897. The molecule has 1 aromatic carbocycles. The molecule has 0 amide bonds. The number of nitrogens with zero attached hydrogens (tertiary/aromatic N) is 6. The molecule has 10 heteroatoms. The van der Waals surface area contributed by atoms with Gasteiger partial charge in [-0.25, -0.2) is 28.2 Å². The van der Waals surface area contributed by atoms with Crippen LogP contribution in [0.3, 0.4) is 0 Å². The molecular formula is C22H15BrF2N6O. The highest BCUT2D eigenvalue weighted by Gasteiger charge is 2.20. The monoisotopic (exact) mass is 496 g/mol. The number of carbonyl (C=O) groups excluding carboxylic acids is 1. The van der Waals surface area contributed by atoms with Crippen LogP contribution in [-0.2, 0) is 0 Å². The predicted octanol–water partition coefficient (Wildman–Crippen LogP) is 4.08. The van der Waals surface area contributed by atoms with Gasteiger partial charge in [0, 0.05) is 42.2 Å². The fraction of sp³-hybridized carbons (Fsp3) is 0.136. The van der Waals surface area contributed by atoms with Gasteiger partial charge in [0.05, 0.1) is 11.1 Å². The Balaban J connectivity index is 1.34. The Morgan fingerprint density at radius 1 is 1.09 bits per heavy atom. The van der Waals surface area contributed by atoms with Crippen molar-refractivity contribution < 1.29 is 13.6 Å². The van der Waals surface area contributed by atoms with Crippen molar-refractivity contribution in [2.75, 3.05) is 18.0 Å². The average molecular weight is 497 g/mol. The van der Waals surface area contributed by atoms with Crippen LogP contribution in [0.15, 0.2) is 59.7 Å². The van der Waals surface area contributed by atoms with Gasteiger partial charge in [0.25, 0.3) is 0 Å². The van der Waals surface area contributed by atoms with E-state index < -0.39 is 17.4 Å². The maximum Gasteiger partial charge on any atom is 0.199 e. The zero-order valence-corrected chi connectivity index (χ0v) is 18.1. The lowest BCUT2D eigenvalue weighted by molar-refractivity contribution is 0.103. The van der Waals surface area contributed by atoms with E-state index in [2.05, 4.69) is 40.9 Å². The fourth-order valence-electron chi connectivity index (χ4n) is 3.63. The van der Waals surface area contributed by atoms with Gasteiger partial charge in [0.2, 0.25) is 0 Å². The Hall–Kier alpha value is -3.53. The molecule has 0 saturated heterocycles. The lowest BCUT2D eigenvalue weighted by Gasteiger charge is -2.27. The van der Waals surface area contributed by atoms with Crippen molar-refractivity contribution in [1.82, 2.24) is 24.6 Å². The normalized spacial score (nSPS) is 14.0. The second-order valence-electron chi connectivity index (χ2n) is 7.25. The van der Waals surface area contributed by atoms with Crippen LogP contribution in [0.2, 0.25) is 0 Å². The van der Waals surface area contributed by atoms with Gasteiger partial charge in [-0.1, -0.05) is 6.08 Å². The molecule has 32 heavy (non-hydrogen) atoms. The van der Waals surface area contributed by atoms with Crippen LogP contribution in [0.1, 0.15) is 28.2 Å². The number of aromatic nitrogens is 5. The molecule has 0 spiro atoms. The third kappa shape index (κ3) is 3.77. The van der Waals surface area contributed by atoms with Crippen LogP contribution in [0.4, 0.5) is 14.6 Å². The van der Waals surface area contributed by atoms with Crippen molar-refractivity contribution in [2.24, 2.45) is 0 Å². The lowest BCUT2D eigenvalue weighted by Crippen LogP contribution is -2.29. The number of halogens is 3. The second-order valence-corrected chi connectivity index (χ2v) is 8.16. The number of hydrogen-bond donors (Lipinski definition) is 0. The quantitative estimate of drug-likeness (QED) is 0.396. The van der Waals surface area contributed by atoms with Crippen LogP contribution in [-0.4, -0.2) is 43.4 Å². The third-order valence-electron chi connectivity index (χ3n) is 5.24. The van der Waals surface area contributed by atoms with E-state index in [1.54, 1.807) is 4.52 Å². The molecule has 0 aliphatic carbocycles. The van der Waals surface area contributed by atoms with E-state index in [1.165, 1.54) is 18.7 Å².